The van der Waals surface area contributed by atoms with E-state index < -0.39 is 5.97 Å². The van der Waals surface area contributed by atoms with Crippen LogP contribution in [0.15, 0.2) is 24.3 Å². The summed E-state index contributed by atoms with van der Waals surface area (Å²) in [7, 11) is 0. The summed E-state index contributed by atoms with van der Waals surface area (Å²) in [5.74, 6) is 0.357. The molecule has 0 saturated heterocycles. The molecule has 2 nitrogen and oxygen atoms in total. The Bertz CT molecular complexity index is 359. The highest BCUT2D eigenvalue weighted by Gasteiger charge is 2.23. The van der Waals surface area contributed by atoms with Gasteiger partial charge in [0, 0.05) is 0 Å². The summed E-state index contributed by atoms with van der Waals surface area (Å²) in [6, 6.07) is 7.33. The lowest BCUT2D eigenvalue weighted by Crippen LogP contribution is -2.17. The van der Waals surface area contributed by atoms with Crippen molar-refractivity contribution in [2.75, 3.05) is 0 Å². The molecule has 88 valence electrons. The number of carboxylic acid groups (broad SMARTS) is 1. The van der Waals surface area contributed by atoms with E-state index in [0.717, 1.165) is 5.56 Å². The Morgan fingerprint density at radius 1 is 1.06 bits per heavy atom. The maximum atomic E-state index is 11.2. The molecular weight excluding hydrogens is 200 g/mol. The molecule has 0 aromatic heterocycles. The van der Waals surface area contributed by atoms with Gasteiger partial charge in [0.15, 0.2) is 0 Å². The van der Waals surface area contributed by atoms with E-state index in [1.54, 1.807) is 12.1 Å². The van der Waals surface area contributed by atoms with E-state index >= 15 is 0 Å². The molecule has 2 heteroatoms. The van der Waals surface area contributed by atoms with Crippen molar-refractivity contribution in [3.63, 3.8) is 0 Å². The van der Waals surface area contributed by atoms with Gasteiger partial charge in [0.05, 0.1) is 5.56 Å². The fourth-order valence-corrected chi connectivity index (χ4v) is 2.47. The van der Waals surface area contributed by atoms with Crippen LogP contribution in [0.25, 0.3) is 0 Å². The van der Waals surface area contributed by atoms with Gasteiger partial charge >= 0.3 is 5.97 Å². The normalized spacial score (nSPS) is 11.4. The van der Waals surface area contributed by atoms with E-state index in [4.69, 9.17) is 0 Å². The Kier molecular flexibility index (Phi) is 4.11. The molecule has 0 heterocycles. The maximum Gasteiger partial charge on any atom is 0.335 e. The molecule has 0 aliphatic heterocycles. The Morgan fingerprint density at radius 2 is 1.56 bits per heavy atom. The molecule has 1 rings (SSSR count). The van der Waals surface area contributed by atoms with Crippen LogP contribution in [-0.4, -0.2) is 11.1 Å². The molecule has 0 radical (unpaired) electrons. The summed E-state index contributed by atoms with van der Waals surface area (Å²) in [6.07, 6.45) is 0. The summed E-state index contributed by atoms with van der Waals surface area (Å²) < 4.78 is 0. The zero-order valence-corrected chi connectivity index (χ0v) is 10.4. The van der Waals surface area contributed by atoms with E-state index in [-0.39, 0.29) is 0 Å². The lowest BCUT2D eigenvalue weighted by Gasteiger charge is -2.26. The first-order valence-electron chi connectivity index (χ1n) is 5.77. The van der Waals surface area contributed by atoms with E-state index in [2.05, 4.69) is 27.7 Å². The lowest BCUT2D eigenvalue weighted by atomic mass is 9.78. The third-order valence-corrected chi connectivity index (χ3v) is 2.99. The van der Waals surface area contributed by atoms with Crippen molar-refractivity contribution in [2.45, 2.75) is 33.6 Å². The molecule has 0 spiro atoms. The van der Waals surface area contributed by atoms with Gasteiger partial charge in [-0.15, -0.1) is 0 Å². The molecular formula is C14H20O2. The molecule has 0 aliphatic carbocycles. The quantitative estimate of drug-likeness (QED) is 0.838. The van der Waals surface area contributed by atoms with Gasteiger partial charge in [0.2, 0.25) is 0 Å². The van der Waals surface area contributed by atoms with Crippen molar-refractivity contribution >= 4 is 5.97 Å². The third-order valence-electron chi connectivity index (χ3n) is 2.99. The number of carboxylic acids is 1. The average molecular weight is 220 g/mol. The van der Waals surface area contributed by atoms with Crippen LogP contribution in [0.2, 0.25) is 0 Å². The Balaban J connectivity index is 3.23. The van der Waals surface area contributed by atoms with Gasteiger partial charge in [-0.05, 0) is 29.4 Å². The molecule has 0 bridgehead atoms. The first-order chi connectivity index (χ1) is 7.45. The number of rotatable bonds is 4. The fraction of sp³-hybridized carbons (Fsp3) is 0.500. The van der Waals surface area contributed by atoms with Gasteiger partial charge in [0.25, 0.3) is 0 Å². The number of benzene rings is 1. The predicted octanol–water partition coefficient (Wildman–Crippen LogP) is 3.78. The van der Waals surface area contributed by atoms with Gasteiger partial charge in [-0.25, -0.2) is 4.79 Å². The number of hydrogen-bond donors (Lipinski definition) is 1. The number of carbonyl (C=O) groups is 1. The van der Waals surface area contributed by atoms with Crippen molar-refractivity contribution in [3.05, 3.63) is 35.4 Å². The Morgan fingerprint density at radius 3 is 2.00 bits per heavy atom. The Labute approximate surface area is 97.3 Å². The average Bonchev–Trinajstić information content (AvgIpc) is 2.17. The van der Waals surface area contributed by atoms with Crippen LogP contribution in [0, 0.1) is 11.8 Å². The zero-order valence-electron chi connectivity index (χ0n) is 10.4. The molecule has 16 heavy (non-hydrogen) atoms. The monoisotopic (exact) mass is 220 g/mol. The fourth-order valence-electron chi connectivity index (χ4n) is 2.47. The van der Waals surface area contributed by atoms with Crippen LogP contribution >= 0.6 is 0 Å². The third kappa shape index (κ3) is 2.63. The van der Waals surface area contributed by atoms with Gasteiger partial charge < -0.3 is 5.11 Å². The van der Waals surface area contributed by atoms with Gasteiger partial charge in [-0.3, -0.25) is 0 Å². The highest BCUT2D eigenvalue weighted by Crippen LogP contribution is 2.33. The van der Waals surface area contributed by atoms with Crippen LogP contribution < -0.4 is 0 Å². The van der Waals surface area contributed by atoms with Crippen LogP contribution in [0.4, 0.5) is 0 Å². The standard InChI is InChI=1S/C14H20O2/c1-9(2)13(10(3)4)11-7-5-6-8-12(11)14(15)16/h5-10,13H,1-4H3,(H,15,16). The minimum atomic E-state index is -0.832. The molecule has 0 atom stereocenters. The highest BCUT2D eigenvalue weighted by atomic mass is 16.4. The molecule has 1 aromatic carbocycles. The molecule has 0 aliphatic rings. The zero-order chi connectivity index (χ0) is 12.3. The molecule has 0 amide bonds. The lowest BCUT2D eigenvalue weighted by molar-refractivity contribution is 0.0694. The summed E-state index contributed by atoms with van der Waals surface area (Å²) in [5.41, 5.74) is 1.40. The van der Waals surface area contributed by atoms with Crippen LogP contribution in [-0.2, 0) is 0 Å². The van der Waals surface area contributed by atoms with Crippen molar-refractivity contribution in [2.24, 2.45) is 11.8 Å². The topological polar surface area (TPSA) is 37.3 Å². The van der Waals surface area contributed by atoms with Gasteiger partial charge in [-0.2, -0.15) is 0 Å². The van der Waals surface area contributed by atoms with Crippen molar-refractivity contribution in [1.82, 2.24) is 0 Å². The first-order valence-corrected chi connectivity index (χ1v) is 5.77. The second-order valence-corrected chi connectivity index (χ2v) is 4.91. The largest absolute Gasteiger partial charge is 0.478 e. The minimum absolute atomic E-state index is 0.298. The smallest absolute Gasteiger partial charge is 0.335 e. The molecule has 0 fully saturated rings. The summed E-state index contributed by atoms with van der Waals surface area (Å²) in [4.78, 5) is 11.2. The van der Waals surface area contributed by atoms with Crippen LogP contribution in [0.1, 0.15) is 49.5 Å². The predicted molar refractivity (Wildman–Crippen MR) is 65.8 cm³/mol. The molecule has 0 saturated carbocycles. The van der Waals surface area contributed by atoms with Crippen molar-refractivity contribution in [1.29, 1.82) is 0 Å². The highest BCUT2D eigenvalue weighted by molar-refractivity contribution is 5.89. The Hall–Kier alpha value is -1.31. The summed E-state index contributed by atoms with van der Waals surface area (Å²) in [6.45, 7) is 8.57. The second-order valence-electron chi connectivity index (χ2n) is 4.91. The summed E-state index contributed by atoms with van der Waals surface area (Å²) in [5, 5.41) is 9.18. The van der Waals surface area contributed by atoms with Crippen molar-refractivity contribution in [3.8, 4) is 0 Å². The van der Waals surface area contributed by atoms with Crippen molar-refractivity contribution < 1.29 is 9.90 Å². The molecule has 1 N–H and O–H groups in total. The van der Waals surface area contributed by atoms with E-state index in [9.17, 15) is 9.90 Å². The van der Waals surface area contributed by atoms with Gasteiger partial charge in [0.1, 0.15) is 0 Å². The minimum Gasteiger partial charge on any atom is -0.478 e. The molecule has 0 unspecified atom stereocenters. The SMILES string of the molecule is CC(C)C(c1ccccc1C(=O)O)C(C)C. The van der Waals surface area contributed by atoms with Gasteiger partial charge in [-0.1, -0.05) is 45.9 Å². The first kappa shape index (κ1) is 12.8. The maximum absolute atomic E-state index is 11.2. The van der Waals surface area contributed by atoms with E-state index in [1.165, 1.54) is 0 Å². The second kappa shape index (κ2) is 5.15. The van der Waals surface area contributed by atoms with E-state index in [0.29, 0.717) is 23.3 Å². The van der Waals surface area contributed by atoms with E-state index in [1.807, 2.05) is 12.1 Å². The number of aromatic carboxylic acids is 1. The van der Waals surface area contributed by atoms with Crippen LogP contribution in [0.3, 0.4) is 0 Å². The summed E-state index contributed by atoms with van der Waals surface area (Å²) >= 11 is 0. The number of hydrogen-bond acceptors (Lipinski definition) is 1. The molecule has 1 aromatic rings. The van der Waals surface area contributed by atoms with Crippen LogP contribution in [0.5, 0.6) is 0 Å².